The van der Waals surface area contributed by atoms with Crippen LogP contribution in [0.5, 0.6) is 5.75 Å². The second-order valence-corrected chi connectivity index (χ2v) is 5.20. The smallest absolute Gasteiger partial charge is 0.323 e. The van der Waals surface area contributed by atoms with Crippen molar-refractivity contribution in [1.82, 2.24) is 9.78 Å². The zero-order chi connectivity index (χ0) is 17.7. The molecule has 0 spiro atoms. The number of carbonyl (C=O) groups excluding carboxylic acids is 1. The molecule has 0 saturated heterocycles. The minimum atomic E-state index is -0.409. The van der Waals surface area contributed by atoms with Gasteiger partial charge in [0.05, 0.1) is 41.0 Å². The lowest BCUT2D eigenvalue weighted by Gasteiger charge is -2.13. The van der Waals surface area contributed by atoms with Gasteiger partial charge in [0.1, 0.15) is 5.75 Å². The van der Waals surface area contributed by atoms with E-state index in [1.54, 1.807) is 18.2 Å². The third kappa shape index (κ3) is 3.66. The van der Waals surface area contributed by atoms with E-state index < -0.39 is 6.03 Å². The van der Waals surface area contributed by atoms with Gasteiger partial charge in [0, 0.05) is 6.54 Å². The fraction of sp³-hybridized carbons (Fsp3) is 0.353. The second-order valence-electron chi connectivity index (χ2n) is 5.20. The van der Waals surface area contributed by atoms with Crippen molar-refractivity contribution >= 4 is 17.4 Å². The van der Waals surface area contributed by atoms with Crippen molar-refractivity contribution < 1.29 is 9.53 Å². The highest BCUT2D eigenvalue weighted by molar-refractivity contribution is 6.01. The van der Waals surface area contributed by atoms with Gasteiger partial charge < -0.3 is 15.4 Å². The quantitative estimate of drug-likeness (QED) is 0.880. The Morgan fingerprint density at radius 3 is 2.67 bits per heavy atom. The highest BCUT2D eigenvalue weighted by Gasteiger charge is 2.15. The summed E-state index contributed by atoms with van der Waals surface area (Å²) < 4.78 is 7.31. The molecular weight excluding hydrogens is 306 g/mol. The third-order valence-electron chi connectivity index (χ3n) is 3.58. The molecule has 0 aliphatic heterocycles. The summed E-state index contributed by atoms with van der Waals surface area (Å²) in [5, 5.41) is 18.9. The molecule has 0 fully saturated rings. The van der Waals surface area contributed by atoms with E-state index in [0.29, 0.717) is 29.3 Å². The van der Waals surface area contributed by atoms with Crippen LogP contribution in [0.2, 0.25) is 0 Å². The van der Waals surface area contributed by atoms with Crippen LogP contribution in [0.4, 0.5) is 16.2 Å². The molecule has 1 heterocycles. The molecule has 1 aromatic heterocycles. The van der Waals surface area contributed by atoms with E-state index in [9.17, 15) is 4.79 Å². The first-order valence-electron chi connectivity index (χ1n) is 7.79. The van der Waals surface area contributed by atoms with Crippen LogP contribution in [0.15, 0.2) is 18.2 Å². The highest BCUT2D eigenvalue weighted by Crippen LogP contribution is 2.26. The molecule has 2 rings (SSSR count). The summed E-state index contributed by atoms with van der Waals surface area (Å²) in [7, 11) is 0. The van der Waals surface area contributed by atoms with Gasteiger partial charge in [0.2, 0.25) is 0 Å². The number of aromatic nitrogens is 2. The van der Waals surface area contributed by atoms with Crippen LogP contribution in [0, 0.1) is 25.2 Å². The van der Waals surface area contributed by atoms with E-state index >= 15 is 0 Å². The zero-order valence-electron chi connectivity index (χ0n) is 14.3. The molecule has 2 amide bonds. The molecule has 0 aliphatic carbocycles. The minimum Gasteiger partial charge on any atom is -0.492 e. The third-order valence-corrected chi connectivity index (χ3v) is 3.58. The molecule has 0 unspecified atom stereocenters. The first-order valence-corrected chi connectivity index (χ1v) is 7.79. The van der Waals surface area contributed by atoms with Crippen LogP contribution in [-0.2, 0) is 6.54 Å². The number of nitrogens with zero attached hydrogens (tertiary/aromatic N) is 3. The summed E-state index contributed by atoms with van der Waals surface area (Å²) in [4.78, 5) is 12.3. The van der Waals surface area contributed by atoms with Crippen molar-refractivity contribution in [1.29, 1.82) is 5.26 Å². The van der Waals surface area contributed by atoms with Crippen molar-refractivity contribution in [3.05, 3.63) is 35.2 Å². The number of hydrogen-bond donors (Lipinski definition) is 2. The molecule has 0 aliphatic rings. The fourth-order valence-corrected chi connectivity index (χ4v) is 2.43. The maximum absolute atomic E-state index is 12.3. The molecule has 2 N–H and O–H groups in total. The molecule has 24 heavy (non-hydrogen) atoms. The largest absolute Gasteiger partial charge is 0.492 e. The van der Waals surface area contributed by atoms with Gasteiger partial charge in [-0.2, -0.15) is 10.4 Å². The lowest BCUT2D eigenvalue weighted by molar-refractivity contribution is 0.262. The summed E-state index contributed by atoms with van der Waals surface area (Å²) in [6.45, 7) is 8.79. The van der Waals surface area contributed by atoms with Crippen molar-refractivity contribution in [2.75, 3.05) is 17.2 Å². The SMILES string of the molecule is CCOc1ccc(C#N)cc1NC(=O)Nc1c(C)nn(CC)c1C. The van der Waals surface area contributed by atoms with E-state index in [0.717, 1.165) is 17.9 Å². The van der Waals surface area contributed by atoms with Gasteiger partial charge in [-0.05, 0) is 45.9 Å². The van der Waals surface area contributed by atoms with Gasteiger partial charge >= 0.3 is 6.03 Å². The lowest BCUT2D eigenvalue weighted by atomic mass is 10.2. The lowest BCUT2D eigenvalue weighted by Crippen LogP contribution is -2.21. The minimum absolute atomic E-state index is 0.409. The second kappa shape index (κ2) is 7.51. The predicted octanol–water partition coefficient (Wildman–Crippen LogP) is 3.43. The van der Waals surface area contributed by atoms with E-state index in [1.807, 2.05) is 38.4 Å². The number of ether oxygens (including phenoxy) is 1. The fourth-order valence-electron chi connectivity index (χ4n) is 2.43. The Balaban J connectivity index is 2.21. The van der Waals surface area contributed by atoms with E-state index in [-0.39, 0.29) is 0 Å². The molecule has 2 aromatic rings. The van der Waals surface area contributed by atoms with Crippen LogP contribution >= 0.6 is 0 Å². The Morgan fingerprint density at radius 1 is 1.33 bits per heavy atom. The summed E-state index contributed by atoms with van der Waals surface area (Å²) in [5.74, 6) is 0.518. The van der Waals surface area contributed by atoms with E-state index in [2.05, 4.69) is 15.7 Å². The highest BCUT2D eigenvalue weighted by atomic mass is 16.5. The van der Waals surface area contributed by atoms with Gasteiger partial charge in [-0.15, -0.1) is 0 Å². The Labute approximate surface area is 141 Å². The van der Waals surface area contributed by atoms with Crippen molar-refractivity contribution in [2.45, 2.75) is 34.2 Å². The number of urea groups is 1. The Morgan fingerprint density at radius 2 is 2.08 bits per heavy atom. The molecule has 7 nitrogen and oxygen atoms in total. The molecule has 0 bridgehead atoms. The number of aryl methyl sites for hydroxylation is 2. The molecule has 1 aromatic carbocycles. The average Bonchev–Trinajstić information content (AvgIpc) is 2.84. The topological polar surface area (TPSA) is 92.0 Å². The number of hydrogen-bond acceptors (Lipinski definition) is 4. The number of nitrogens with one attached hydrogen (secondary N) is 2. The predicted molar refractivity (Wildman–Crippen MR) is 92.3 cm³/mol. The van der Waals surface area contributed by atoms with Gasteiger partial charge in [0.25, 0.3) is 0 Å². The van der Waals surface area contributed by atoms with E-state index in [1.165, 1.54) is 0 Å². The van der Waals surface area contributed by atoms with Crippen molar-refractivity contribution in [3.63, 3.8) is 0 Å². The van der Waals surface area contributed by atoms with Gasteiger partial charge in [0.15, 0.2) is 0 Å². The number of anilines is 2. The molecule has 7 heteroatoms. The molecule has 0 saturated carbocycles. The van der Waals surface area contributed by atoms with Crippen molar-refractivity contribution in [3.8, 4) is 11.8 Å². The standard InChI is InChI=1S/C17H21N5O2/c1-5-22-12(4)16(11(3)21-22)20-17(23)19-14-9-13(10-18)7-8-15(14)24-6-2/h7-9H,5-6H2,1-4H3,(H2,19,20,23). The molecule has 0 atom stereocenters. The van der Waals surface area contributed by atoms with E-state index in [4.69, 9.17) is 10.00 Å². The Kier molecular flexibility index (Phi) is 5.42. The average molecular weight is 327 g/mol. The molecular formula is C17H21N5O2. The first kappa shape index (κ1) is 17.3. The van der Waals surface area contributed by atoms with Crippen LogP contribution in [0.1, 0.15) is 30.8 Å². The summed E-state index contributed by atoms with van der Waals surface area (Å²) in [5.41, 5.74) is 3.22. The normalized spacial score (nSPS) is 10.1. The molecule has 126 valence electrons. The molecule has 0 radical (unpaired) electrons. The summed E-state index contributed by atoms with van der Waals surface area (Å²) >= 11 is 0. The van der Waals surface area contributed by atoms with Crippen LogP contribution < -0.4 is 15.4 Å². The first-order chi connectivity index (χ1) is 11.5. The number of carbonyl (C=O) groups is 1. The maximum Gasteiger partial charge on any atom is 0.323 e. The van der Waals surface area contributed by atoms with Gasteiger partial charge in [-0.3, -0.25) is 4.68 Å². The van der Waals surface area contributed by atoms with Gasteiger partial charge in [-0.25, -0.2) is 4.79 Å². The number of rotatable bonds is 5. The summed E-state index contributed by atoms with van der Waals surface area (Å²) in [6, 6.07) is 6.54. The monoisotopic (exact) mass is 327 g/mol. The Bertz CT molecular complexity index is 789. The number of amides is 2. The van der Waals surface area contributed by atoms with Crippen LogP contribution in [0.3, 0.4) is 0 Å². The summed E-state index contributed by atoms with van der Waals surface area (Å²) in [6.07, 6.45) is 0. The van der Waals surface area contributed by atoms with Crippen molar-refractivity contribution in [2.24, 2.45) is 0 Å². The number of benzene rings is 1. The van der Waals surface area contributed by atoms with Crippen LogP contribution in [0.25, 0.3) is 0 Å². The van der Waals surface area contributed by atoms with Crippen LogP contribution in [-0.4, -0.2) is 22.4 Å². The van der Waals surface area contributed by atoms with Gasteiger partial charge in [-0.1, -0.05) is 0 Å². The maximum atomic E-state index is 12.3. The zero-order valence-corrected chi connectivity index (χ0v) is 14.3. The number of nitriles is 1. The Hall–Kier alpha value is -3.01.